The average Bonchev–Trinajstić information content (AvgIpc) is 3.09. The van der Waals surface area contributed by atoms with Crippen LogP contribution in [0.2, 0.25) is 0 Å². The van der Waals surface area contributed by atoms with Gasteiger partial charge in [-0.05, 0) is 54.8 Å². The van der Waals surface area contributed by atoms with Gasteiger partial charge >= 0.3 is 0 Å². The van der Waals surface area contributed by atoms with Crippen LogP contribution in [0.3, 0.4) is 0 Å². The number of carbonyl (C=O) groups excluding carboxylic acids is 1. The maximum atomic E-state index is 13.3. The lowest BCUT2D eigenvalue weighted by Gasteiger charge is -2.19. The Morgan fingerprint density at radius 2 is 1.93 bits per heavy atom. The molecule has 1 N–H and O–H groups in total. The van der Waals surface area contributed by atoms with Crippen LogP contribution in [-0.4, -0.2) is 22.1 Å². The number of benzene rings is 2. The molecule has 1 amide bonds. The van der Waals surface area contributed by atoms with Crippen molar-refractivity contribution in [2.75, 3.05) is 6.61 Å². The number of nitrogens with one attached hydrogen (secondary N) is 1. The van der Waals surface area contributed by atoms with Crippen molar-refractivity contribution in [3.05, 3.63) is 83.2 Å². The van der Waals surface area contributed by atoms with Gasteiger partial charge in [-0.3, -0.25) is 4.79 Å². The SMILES string of the molecule is Cc1ccc(OCCC(=O)N[C@@H](c2ccc(F)cc2)c2nccn2C)cc1C. The fraction of sp³-hybridized carbons (Fsp3) is 0.273. The van der Waals surface area contributed by atoms with Gasteiger partial charge in [0, 0.05) is 19.4 Å². The van der Waals surface area contributed by atoms with Crippen molar-refractivity contribution in [1.82, 2.24) is 14.9 Å². The number of imidazole rings is 1. The number of aromatic nitrogens is 2. The topological polar surface area (TPSA) is 56.1 Å². The molecule has 0 bridgehead atoms. The summed E-state index contributed by atoms with van der Waals surface area (Å²) >= 11 is 0. The minimum absolute atomic E-state index is 0.166. The first kappa shape index (κ1) is 19.6. The molecule has 0 radical (unpaired) electrons. The van der Waals surface area contributed by atoms with E-state index in [4.69, 9.17) is 4.74 Å². The standard InChI is InChI=1S/C22H24FN3O2/c1-15-4-9-19(14-16(15)2)28-13-10-20(27)25-21(22-24-11-12-26(22)3)17-5-7-18(23)8-6-17/h4-9,11-12,14,21H,10,13H2,1-3H3,(H,25,27)/t21-/m0/s1. The van der Waals surface area contributed by atoms with Crippen molar-refractivity contribution in [3.8, 4) is 5.75 Å². The molecule has 3 aromatic rings. The number of amides is 1. The zero-order valence-electron chi connectivity index (χ0n) is 16.3. The van der Waals surface area contributed by atoms with E-state index in [0.717, 1.165) is 16.9 Å². The van der Waals surface area contributed by atoms with E-state index in [1.807, 2.05) is 43.7 Å². The molecule has 0 spiro atoms. The summed E-state index contributed by atoms with van der Waals surface area (Å²) in [5.74, 6) is 0.932. The van der Waals surface area contributed by atoms with Gasteiger partial charge in [0.2, 0.25) is 5.91 Å². The normalized spacial score (nSPS) is 11.9. The Bertz CT molecular complexity index is 951. The minimum atomic E-state index is -0.463. The number of aryl methyl sites for hydroxylation is 3. The van der Waals surface area contributed by atoms with Crippen molar-refractivity contribution in [3.63, 3.8) is 0 Å². The number of hydrogen-bond acceptors (Lipinski definition) is 3. The molecular weight excluding hydrogens is 357 g/mol. The first-order chi connectivity index (χ1) is 13.4. The largest absolute Gasteiger partial charge is 0.493 e. The van der Waals surface area contributed by atoms with E-state index in [0.29, 0.717) is 5.82 Å². The highest BCUT2D eigenvalue weighted by Gasteiger charge is 2.20. The Balaban J connectivity index is 1.65. The fourth-order valence-corrected chi connectivity index (χ4v) is 2.91. The van der Waals surface area contributed by atoms with Gasteiger partial charge in [0.05, 0.1) is 13.0 Å². The van der Waals surface area contributed by atoms with Crippen LogP contribution in [0.5, 0.6) is 5.75 Å². The van der Waals surface area contributed by atoms with Crippen LogP contribution in [-0.2, 0) is 11.8 Å². The molecule has 146 valence electrons. The number of halogens is 1. The third-order valence-corrected chi connectivity index (χ3v) is 4.70. The summed E-state index contributed by atoms with van der Waals surface area (Å²) in [4.78, 5) is 16.8. The molecule has 0 aliphatic carbocycles. The molecule has 1 heterocycles. The van der Waals surface area contributed by atoms with Crippen molar-refractivity contribution < 1.29 is 13.9 Å². The Labute approximate surface area is 164 Å². The Morgan fingerprint density at radius 1 is 1.18 bits per heavy atom. The van der Waals surface area contributed by atoms with Crippen LogP contribution in [0.4, 0.5) is 4.39 Å². The third-order valence-electron chi connectivity index (χ3n) is 4.70. The van der Waals surface area contributed by atoms with E-state index in [-0.39, 0.29) is 24.8 Å². The van der Waals surface area contributed by atoms with Gasteiger partial charge < -0.3 is 14.6 Å². The molecule has 1 atom stereocenters. The quantitative estimate of drug-likeness (QED) is 0.676. The molecule has 5 nitrogen and oxygen atoms in total. The second kappa shape index (κ2) is 8.69. The van der Waals surface area contributed by atoms with E-state index in [9.17, 15) is 9.18 Å². The fourth-order valence-electron chi connectivity index (χ4n) is 2.91. The Hall–Kier alpha value is -3.15. The van der Waals surface area contributed by atoms with Crippen LogP contribution in [0.1, 0.15) is 35.0 Å². The molecule has 0 saturated heterocycles. The smallest absolute Gasteiger partial charge is 0.224 e. The lowest BCUT2D eigenvalue weighted by molar-refractivity contribution is -0.122. The summed E-state index contributed by atoms with van der Waals surface area (Å²) in [6, 6.07) is 11.4. The lowest BCUT2D eigenvalue weighted by atomic mass is 10.1. The first-order valence-corrected chi connectivity index (χ1v) is 9.16. The lowest BCUT2D eigenvalue weighted by Crippen LogP contribution is -2.32. The van der Waals surface area contributed by atoms with Gasteiger partial charge in [-0.1, -0.05) is 18.2 Å². The Morgan fingerprint density at radius 3 is 2.57 bits per heavy atom. The van der Waals surface area contributed by atoms with Crippen LogP contribution in [0.15, 0.2) is 54.9 Å². The number of nitrogens with zero attached hydrogens (tertiary/aromatic N) is 2. The van der Waals surface area contributed by atoms with Crippen molar-refractivity contribution in [1.29, 1.82) is 0 Å². The van der Waals surface area contributed by atoms with Gasteiger partial charge in [0.25, 0.3) is 0 Å². The average molecular weight is 381 g/mol. The first-order valence-electron chi connectivity index (χ1n) is 9.16. The van der Waals surface area contributed by atoms with Crippen LogP contribution >= 0.6 is 0 Å². The van der Waals surface area contributed by atoms with E-state index in [1.165, 1.54) is 17.7 Å². The summed E-state index contributed by atoms with van der Waals surface area (Å²) in [5, 5.41) is 2.98. The maximum Gasteiger partial charge on any atom is 0.224 e. The van der Waals surface area contributed by atoms with Crippen molar-refractivity contribution in [2.24, 2.45) is 7.05 Å². The summed E-state index contributed by atoms with van der Waals surface area (Å²) in [6.45, 7) is 4.33. The highest BCUT2D eigenvalue weighted by atomic mass is 19.1. The molecule has 0 fully saturated rings. The second-order valence-electron chi connectivity index (χ2n) is 6.79. The van der Waals surface area contributed by atoms with Crippen molar-refractivity contribution >= 4 is 5.91 Å². The third kappa shape index (κ3) is 4.76. The second-order valence-corrected chi connectivity index (χ2v) is 6.79. The van der Waals surface area contributed by atoms with E-state index in [2.05, 4.69) is 10.3 Å². The number of hydrogen-bond donors (Lipinski definition) is 1. The van der Waals surface area contributed by atoms with Crippen molar-refractivity contribution in [2.45, 2.75) is 26.3 Å². The summed E-state index contributed by atoms with van der Waals surface area (Å²) in [6.07, 6.45) is 3.68. The highest BCUT2D eigenvalue weighted by molar-refractivity contribution is 5.77. The van der Waals surface area contributed by atoms with E-state index in [1.54, 1.807) is 24.5 Å². The molecule has 0 unspecified atom stereocenters. The molecule has 28 heavy (non-hydrogen) atoms. The zero-order valence-corrected chi connectivity index (χ0v) is 16.3. The van der Waals surface area contributed by atoms with Crippen LogP contribution in [0, 0.1) is 19.7 Å². The van der Waals surface area contributed by atoms with E-state index >= 15 is 0 Å². The molecule has 0 aliphatic heterocycles. The van der Waals surface area contributed by atoms with Gasteiger partial charge in [-0.15, -0.1) is 0 Å². The molecule has 3 rings (SSSR count). The molecule has 6 heteroatoms. The molecule has 1 aromatic heterocycles. The molecular formula is C22H24FN3O2. The molecule has 0 aliphatic rings. The molecule has 2 aromatic carbocycles. The van der Waals surface area contributed by atoms with E-state index < -0.39 is 6.04 Å². The van der Waals surface area contributed by atoms with Gasteiger partial charge in [-0.25, -0.2) is 9.37 Å². The van der Waals surface area contributed by atoms with Gasteiger partial charge in [-0.2, -0.15) is 0 Å². The van der Waals surface area contributed by atoms with Gasteiger partial charge in [0.1, 0.15) is 23.4 Å². The van der Waals surface area contributed by atoms with Gasteiger partial charge in [0.15, 0.2) is 0 Å². The highest BCUT2D eigenvalue weighted by Crippen LogP contribution is 2.21. The zero-order chi connectivity index (χ0) is 20.1. The monoisotopic (exact) mass is 381 g/mol. The Kier molecular flexibility index (Phi) is 6.09. The summed E-state index contributed by atoms with van der Waals surface area (Å²) in [5.41, 5.74) is 3.11. The number of rotatable bonds is 7. The van der Waals surface area contributed by atoms with Crippen LogP contribution in [0.25, 0.3) is 0 Å². The minimum Gasteiger partial charge on any atom is -0.493 e. The molecule has 0 saturated carbocycles. The number of ether oxygens (including phenoxy) is 1. The maximum absolute atomic E-state index is 13.3. The summed E-state index contributed by atoms with van der Waals surface area (Å²) < 4.78 is 20.8. The predicted octanol–water partition coefficient (Wildman–Crippen LogP) is 3.85. The number of carbonyl (C=O) groups is 1. The summed E-state index contributed by atoms with van der Waals surface area (Å²) in [7, 11) is 1.86. The predicted molar refractivity (Wildman–Crippen MR) is 106 cm³/mol. The van der Waals surface area contributed by atoms with Crippen LogP contribution < -0.4 is 10.1 Å².